The van der Waals surface area contributed by atoms with E-state index in [1.165, 1.54) is 13.4 Å². The monoisotopic (exact) mass is 292 g/mol. The van der Waals surface area contributed by atoms with E-state index in [1.54, 1.807) is 24.3 Å². The minimum absolute atomic E-state index is 0.0841. The van der Waals surface area contributed by atoms with Crippen molar-refractivity contribution in [1.82, 2.24) is 5.43 Å². The molecule has 0 bridgehead atoms. The molecule has 0 unspecified atom stereocenters. The van der Waals surface area contributed by atoms with Gasteiger partial charge < -0.3 is 19.0 Å². The maximum Gasteiger partial charge on any atom is 0.301 e. The molecule has 7 heteroatoms. The number of nitrogens with two attached hydrogens (primary N) is 1. The summed E-state index contributed by atoms with van der Waals surface area (Å²) >= 11 is 0. The van der Waals surface area contributed by atoms with Gasteiger partial charge in [-0.3, -0.25) is 10.2 Å². The van der Waals surface area contributed by atoms with E-state index in [0.29, 0.717) is 22.6 Å². The maximum atomic E-state index is 11.5. The van der Waals surface area contributed by atoms with E-state index in [1.807, 2.05) is 5.43 Å². The van der Waals surface area contributed by atoms with Crippen LogP contribution in [0, 0.1) is 0 Å². The number of furan rings is 1. The number of methoxy groups -OCH3 is 1. The largest absolute Gasteiger partial charge is 0.493 e. The van der Waals surface area contributed by atoms with Crippen molar-refractivity contribution in [2.45, 2.75) is 13.2 Å². The number of ether oxygens (including phenoxy) is 2. The second-order valence-corrected chi connectivity index (χ2v) is 4.18. The van der Waals surface area contributed by atoms with E-state index in [-0.39, 0.29) is 19.0 Å². The molecule has 0 aliphatic heterocycles. The Morgan fingerprint density at radius 3 is 2.86 bits per heavy atom. The fourth-order valence-corrected chi connectivity index (χ4v) is 1.80. The van der Waals surface area contributed by atoms with Crippen molar-refractivity contribution in [3.8, 4) is 11.5 Å². The average molecular weight is 292 g/mol. The van der Waals surface area contributed by atoms with E-state index < -0.39 is 5.91 Å². The molecule has 0 fully saturated rings. The molecule has 0 radical (unpaired) electrons. The molecular formula is C14H16N2O5. The minimum atomic E-state index is -0.527. The van der Waals surface area contributed by atoms with Crippen LogP contribution < -0.4 is 20.7 Å². The zero-order valence-corrected chi connectivity index (χ0v) is 11.5. The molecule has 1 amide bonds. The Balaban J connectivity index is 2.13. The Kier molecular flexibility index (Phi) is 4.81. The summed E-state index contributed by atoms with van der Waals surface area (Å²) in [7, 11) is 1.51. The highest BCUT2D eigenvalue weighted by atomic mass is 16.5. The van der Waals surface area contributed by atoms with Crippen LogP contribution in [0.1, 0.15) is 21.7 Å². The maximum absolute atomic E-state index is 11.5. The molecule has 0 aliphatic carbocycles. The van der Waals surface area contributed by atoms with Crippen molar-refractivity contribution >= 4 is 5.91 Å². The number of rotatable bonds is 6. The third kappa shape index (κ3) is 3.33. The zero-order chi connectivity index (χ0) is 15.2. The first-order valence-electron chi connectivity index (χ1n) is 6.17. The lowest BCUT2D eigenvalue weighted by molar-refractivity contribution is 0.0922. The number of benzene rings is 1. The van der Waals surface area contributed by atoms with Gasteiger partial charge in [0.05, 0.1) is 20.0 Å². The van der Waals surface area contributed by atoms with Crippen LogP contribution in [-0.4, -0.2) is 18.1 Å². The highest BCUT2D eigenvalue weighted by Gasteiger charge is 2.15. The molecule has 2 aromatic rings. The van der Waals surface area contributed by atoms with Crippen LogP contribution in [0.5, 0.6) is 11.5 Å². The van der Waals surface area contributed by atoms with Gasteiger partial charge in [0.1, 0.15) is 6.61 Å². The van der Waals surface area contributed by atoms with E-state index in [9.17, 15) is 4.79 Å². The SMILES string of the molecule is COc1cc(CO)ccc1OCc1ccoc1C(=O)NN. The molecule has 2 rings (SSSR count). The number of carbonyl (C=O) groups is 1. The number of nitrogens with one attached hydrogen (secondary N) is 1. The third-order valence-electron chi connectivity index (χ3n) is 2.88. The molecule has 0 aliphatic rings. The fourth-order valence-electron chi connectivity index (χ4n) is 1.80. The van der Waals surface area contributed by atoms with Crippen molar-refractivity contribution in [2.24, 2.45) is 5.84 Å². The van der Waals surface area contributed by atoms with Crippen molar-refractivity contribution < 1.29 is 23.8 Å². The summed E-state index contributed by atoms with van der Waals surface area (Å²) in [5, 5.41) is 9.09. The molecule has 21 heavy (non-hydrogen) atoms. The first-order chi connectivity index (χ1) is 10.2. The number of hydrogen-bond donors (Lipinski definition) is 3. The van der Waals surface area contributed by atoms with Gasteiger partial charge in [0.2, 0.25) is 0 Å². The molecular weight excluding hydrogens is 276 g/mol. The normalized spacial score (nSPS) is 10.2. The second kappa shape index (κ2) is 6.78. The molecule has 1 aromatic heterocycles. The molecule has 0 atom stereocenters. The van der Waals surface area contributed by atoms with Gasteiger partial charge in [0, 0.05) is 5.56 Å². The highest BCUT2D eigenvalue weighted by molar-refractivity contribution is 5.92. The summed E-state index contributed by atoms with van der Waals surface area (Å²) in [6.07, 6.45) is 1.38. The minimum Gasteiger partial charge on any atom is -0.493 e. The molecule has 0 spiro atoms. The summed E-state index contributed by atoms with van der Waals surface area (Å²) in [6, 6.07) is 6.71. The Morgan fingerprint density at radius 1 is 1.38 bits per heavy atom. The first kappa shape index (κ1) is 14.9. The Bertz CT molecular complexity index is 624. The predicted octanol–water partition coefficient (Wildman–Crippen LogP) is 0.963. The van der Waals surface area contributed by atoms with Gasteiger partial charge in [0.25, 0.3) is 0 Å². The number of amides is 1. The van der Waals surface area contributed by atoms with E-state index in [2.05, 4.69) is 0 Å². The second-order valence-electron chi connectivity index (χ2n) is 4.18. The van der Waals surface area contributed by atoms with Crippen molar-refractivity contribution in [1.29, 1.82) is 0 Å². The summed E-state index contributed by atoms with van der Waals surface area (Å²) in [6.45, 7) is 0.0350. The van der Waals surface area contributed by atoms with Crippen LogP contribution in [0.4, 0.5) is 0 Å². The van der Waals surface area contributed by atoms with Crippen LogP contribution in [-0.2, 0) is 13.2 Å². The summed E-state index contributed by atoms with van der Waals surface area (Å²) < 4.78 is 15.9. The van der Waals surface area contributed by atoms with Gasteiger partial charge in [-0.1, -0.05) is 6.07 Å². The van der Waals surface area contributed by atoms with Gasteiger partial charge >= 0.3 is 5.91 Å². The van der Waals surface area contributed by atoms with Crippen LogP contribution >= 0.6 is 0 Å². The Hall–Kier alpha value is -2.51. The highest BCUT2D eigenvalue weighted by Crippen LogP contribution is 2.29. The van der Waals surface area contributed by atoms with Crippen molar-refractivity contribution in [3.05, 3.63) is 47.4 Å². The lowest BCUT2D eigenvalue weighted by Gasteiger charge is -2.11. The number of nitrogen functional groups attached to an aromatic ring is 1. The Labute approximate surface area is 121 Å². The van der Waals surface area contributed by atoms with Gasteiger partial charge in [0.15, 0.2) is 17.3 Å². The fraction of sp³-hybridized carbons (Fsp3) is 0.214. The summed E-state index contributed by atoms with van der Waals surface area (Å²) in [5.74, 6) is 5.64. The van der Waals surface area contributed by atoms with Crippen molar-refractivity contribution in [2.75, 3.05) is 7.11 Å². The van der Waals surface area contributed by atoms with E-state index in [0.717, 1.165) is 0 Å². The molecule has 4 N–H and O–H groups in total. The van der Waals surface area contributed by atoms with Gasteiger partial charge in [-0.25, -0.2) is 5.84 Å². The number of aliphatic hydroxyl groups excluding tert-OH is 1. The average Bonchev–Trinajstić information content (AvgIpc) is 3.00. The predicted molar refractivity (Wildman–Crippen MR) is 73.6 cm³/mol. The van der Waals surface area contributed by atoms with Gasteiger partial charge in [-0.05, 0) is 23.8 Å². The molecule has 0 saturated carbocycles. The van der Waals surface area contributed by atoms with Gasteiger partial charge in [-0.15, -0.1) is 0 Å². The number of hydrogen-bond acceptors (Lipinski definition) is 6. The number of carbonyl (C=O) groups excluding carboxylic acids is 1. The Morgan fingerprint density at radius 2 is 2.19 bits per heavy atom. The first-order valence-corrected chi connectivity index (χ1v) is 6.17. The van der Waals surface area contributed by atoms with E-state index >= 15 is 0 Å². The quantitative estimate of drug-likeness (QED) is 0.416. The smallest absolute Gasteiger partial charge is 0.301 e. The summed E-state index contributed by atoms with van der Waals surface area (Å²) in [5.41, 5.74) is 3.28. The summed E-state index contributed by atoms with van der Waals surface area (Å²) in [4.78, 5) is 11.5. The van der Waals surface area contributed by atoms with Crippen LogP contribution in [0.2, 0.25) is 0 Å². The van der Waals surface area contributed by atoms with Crippen LogP contribution in [0.25, 0.3) is 0 Å². The van der Waals surface area contributed by atoms with Gasteiger partial charge in [-0.2, -0.15) is 0 Å². The zero-order valence-electron chi connectivity index (χ0n) is 11.5. The third-order valence-corrected chi connectivity index (χ3v) is 2.88. The molecule has 0 saturated heterocycles. The van der Waals surface area contributed by atoms with E-state index in [4.69, 9.17) is 24.8 Å². The number of aliphatic hydroxyl groups is 1. The lowest BCUT2D eigenvalue weighted by Crippen LogP contribution is -2.30. The van der Waals surface area contributed by atoms with Crippen LogP contribution in [0.15, 0.2) is 34.9 Å². The van der Waals surface area contributed by atoms with Crippen molar-refractivity contribution in [3.63, 3.8) is 0 Å². The van der Waals surface area contributed by atoms with Crippen LogP contribution in [0.3, 0.4) is 0 Å². The topological polar surface area (TPSA) is 107 Å². The molecule has 112 valence electrons. The molecule has 1 aromatic carbocycles. The molecule has 7 nitrogen and oxygen atoms in total. The molecule has 1 heterocycles. The standard InChI is InChI=1S/C14H16N2O5/c1-19-12-6-9(7-17)2-3-11(12)21-8-10-4-5-20-13(10)14(18)16-15/h2-6,17H,7-8,15H2,1H3,(H,16,18). The lowest BCUT2D eigenvalue weighted by atomic mass is 10.2. The number of hydrazine groups is 1.